The van der Waals surface area contributed by atoms with E-state index in [0.717, 1.165) is 153 Å². The Kier molecular flexibility index (Phi) is 13.9. The molecule has 0 atom stereocenters. The van der Waals surface area contributed by atoms with E-state index in [-0.39, 0.29) is 12.2 Å². The third kappa shape index (κ3) is 11.1. The summed E-state index contributed by atoms with van der Waals surface area (Å²) in [4.78, 5) is 40.1. The van der Waals surface area contributed by atoms with Crippen molar-refractivity contribution < 1.29 is 23.7 Å². The summed E-state index contributed by atoms with van der Waals surface area (Å²) in [6.45, 7) is 6.46. The van der Waals surface area contributed by atoms with Gasteiger partial charge in [-0.05, 0) is 79.4 Å². The molecule has 2 aliphatic carbocycles. The minimum absolute atomic E-state index is 0.148. The highest BCUT2D eigenvalue weighted by Gasteiger charge is 2.26. The lowest BCUT2D eigenvalue weighted by Gasteiger charge is -2.31. The molecule has 2 saturated heterocycles. The first-order valence-electron chi connectivity index (χ1n) is 21.9. The number of fused-ring (bicyclic) bond motifs is 2. The lowest BCUT2D eigenvalue weighted by molar-refractivity contribution is 0.122. The van der Waals surface area contributed by atoms with Gasteiger partial charge in [-0.25, -0.2) is 29.9 Å². The van der Waals surface area contributed by atoms with Gasteiger partial charge in [0.25, 0.3) is 0 Å². The first-order chi connectivity index (χ1) is 31.0. The number of anilines is 4. The quantitative estimate of drug-likeness (QED) is 0.137. The average molecular weight is 922 g/mol. The number of halogens is 1. The lowest BCUT2D eigenvalue weighted by Crippen LogP contribution is -2.36. The van der Waals surface area contributed by atoms with Crippen molar-refractivity contribution in [2.24, 2.45) is 0 Å². The summed E-state index contributed by atoms with van der Waals surface area (Å²) in [6.07, 6.45) is 22.0. The molecular weight excluding hydrogens is 868 g/mol. The second-order valence-corrected chi connectivity index (χ2v) is 17.0. The summed E-state index contributed by atoms with van der Waals surface area (Å²) < 4.78 is 30.0. The van der Waals surface area contributed by atoms with Gasteiger partial charge in [0.2, 0.25) is 11.9 Å². The van der Waals surface area contributed by atoms with Gasteiger partial charge < -0.3 is 44.1 Å². The molecule has 0 spiro atoms. The Morgan fingerprint density at radius 2 is 0.952 bits per heavy atom. The molecule has 0 radical (unpaired) electrons. The number of hydrogen-bond acceptors (Lipinski definition) is 17. The van der Waals surface area contributed by atoms with Gasteiger partial charge in [-0.2, -0.15) is 0 Å². The number of rotatable bonds is 11. The number of hydrogen-bond donors (Lipinski definition) is 2. The van der Waals surface area contributed by atoms with Gasteiger partial charge in [0, 0.05) is 99.0 Å². The van der Waals surface area contributed by atoms with Crippen molar-refractivity contribution >= 4 is 61.3 Å². The van der Waals surface area contributed by atoms with Gasteiger partial charge in [0.1, 0.15) is 22.5 Å². The fourth-order valence-electron chi connectivity index (χ4n) is 8.50. The Bertz CT molecular complexity index is 2390. The second kappa shape index (κ2) is 20.6. The van der Waals surface area contributed by atoms with E-state index in [4.69, 9.17) is 23.7 Å². The predicted molar refractivity (Wildman–Crippen MR) is 244 cm³/mol. The minimum atomic E-state index is 0.148. The summed E-state index contributed by atoms with van der Waals surface area (Å²) in [5, 5.41) is 6.86. The third-order valence-electron chi connectivity index (χ3n) is 11.9. The fourth-order valence-corrected chi connectivity index (χ4v) is 8.71. The van der Waals surface area contributed by atoms with Crippen molar-refractivity contribution in [1.82, 2.24) is 39.9 Å². The van der Waals surface area contributed by atoms with Gasteiger partial charge >= 0.3 is 0 Å². The zero-order chi connectivity index (χ0) is 42.8. The maximum atomic E-state index is 6.49. The molecule has 4 aliphatic rings. The fraction of sp³-hybridized carbons (Fsp3) is 0.467. The van der Waals surface area contributed by atoms with Crippen molar-refractivity contribution in [3.8, 4) is 17.2 Å². The van der Waals surface area contributed by atoms with Crippen molar-refractivity contribution in [3.63, 3.8) is 0 Å². The average Bonchev–Trinajstić information content (AvgIpc) is 3.34. The Labute approximate surface area is 374 Å². The van der Waals surface area contributed by atoms with E-state index in [1.165, 1.54) is 0 Å². The van der Waals surface area contributed by atoms with Gasteiger partial charge in [-0.3, -0.25) is 9.97 Å². The molecule has 6 heterocycles. The first kappa shape index (κ1) is 42.6. The maximum absolute atomic E-state index is 6.49. The number of aromatic nitrogens is 8. The minimum Gasteiger partial charge on any atom is -0.494 e. The van der Waals surface area contributed by atoms with Gasteiger partial charge in [-0.15, -0.1) is 0 Å². The molecule has 6 aromatic rings. The standard InChI is InChI=1S/C23H28N6O3.C22H25BrN6O2/c1-30-19-14-26-23(27-15-19)28-16-2-4-18(5-3-16)32-21-13-17(29-8-10-31-11-9-29)12-20-22(21)25-7-6-24-20;23-15-13-26-22(27-14-15)28-16-1-3-18(4-2-16)31-20-12-17(29-7-9-30-10-8-29)11-19-21(20)25-6-5-24-19/h6-7,12-16,18H,2-5,8-11H2,1H3,(H,26,27,28);5-6,11-14,16,18H,1-4,7-10H2,(H,26,27,28). The lowest BCUT2D eigenvalue weighted by atomic mass is 9.93. The first-order valence-corrected chi connectivity index (χ1v) is 22.7. The Morgan fingerprint density at radius 1 is 0.540 bits per heavy atom. The van der Waals surface area contributed by atoms with Crippen LogP contribution in [0.3, 0.4) is 0 Å². The number of nitrogens with zero attached hydrogens (tertiary/aromatic N) is 10. The van der Waals surface area contributed by atoms with Crippen molar-refractivity contribution in [2.45, 2.75) is 75.7 Å². The van der Waals surface area contributed by atoms with E-state index in [2.05, 4.69) is 101 Å². The third-order valence-corrected chi connectivity index (χ3v) is 12.3. The highest BCUT2D eigenvalue weighted by atomic mass is 79.9. The SMILES string of the molecule is Brc1cnc(NC2CCC(Oc3cc(N4CCOCC4)cc4nccnc34)CC2)nc1.COc1cnc(NC2CCC(Oc3cc(N4CCOCC4)cc4nccnc34)CC2)nc1. The number of ether oxygens (including phenoxy) is 5. The summed E-state index contributed by atoms with van der Waals surface area (Å²) >= 11 is 3.37. The Hall–Kier alpha value is -5.72. The highest BCUT2D eigenvalue weighted by Crippen LogP contribution is 2.35. The number of methoxy groups -OCH3 is 1. The van der Waals surface area contributed by atoms with E-state index in [9.17, 15) is 0 Å². The van der Waals surface area contributed by atoms with Crippen LogP contribution in [0.15, 0.2) is 78.3 Å². The Morgan fingerprint density at radius 3 is 1.38 bits per heavy atom. The molecule has 330 valence electrons. The molecule has 0 unspecified atom stereocenters. The molecule has 2 aliphatic heterocycles. The van der Waals surface area contributed by atoms with Crippen molar-refractivity contribution in [3.05, 3.63) is 78.3 Å². The molecule has 17 nitrogen and oxygen atoms in total. The van der Waals surface area contributed by atoms with Crippen LogP contribution in [0.4, 0.5) is 23.3 Å². The van der Waals surface area contributed by atoms with Crippen molar-refractivity contribution in [2.75, 3.05) is 80.1 Å². The van der Waals surface area contributed by atoms with Crippen LogP contribution >= 0.6 is 15.9 Å². The molecule has 2 saturated carbocycles. The highest BCUT2D eigenvalue weighted by molar-refractivity contribution is 9.10. The molecule has 10 rings (SSSR count). The van der Waals surface area contributed by atoms with Crippen LogP contribution in [0.5, 0.6) is 17.2 Å². The molecular formula is C45H53BrN12O5. The van der Waals surface area contributed by atoms with E-state index in [1.807, 2.05) is 0 Å². The summed E-state index contributed by atoms with van der Waals surface area (Å²) in [5.41, 5.74) is 5.60. The van der Waals surface area contributed by atoms with E-state index < -0.39 is 0 Å². The molecule has 2 aromatic carbocycles. The van der Waals surface area contributed by atoms with E-state index >= 15 is 0 Å². The molecule has 0 amide bonds. The number of nitrogens with one attached hydrogen (secondary N) is 2. The van der Waals surface area contributed by atoms with Gasteiger partial charge in [0.05, 0.1) is 73.6 Å². The van der Waals surface area contributed by atoms with Crippen LogP contribution in [0, 0.1) is 0 Å². The topological polar surface area (TPSA) is 180 Å². The smallest absolute Gasteiger partial charge is 0.223 e. The van der Waals surface area contributed by atoms with Gasteiger partial charge in [-0.1, -0.05) is 0 Å². The monoisotopic (exact) mass is 920 g/mol. The maximum Gasteiger partial charge on any atom is 0.223 e. The zero-order valence-corrected chi connectivity index (χ0v) is 37.0. The normalized spacial score (nSPS) is 21.6. The largest absolute Gasteiger partial charge is 0.494 e. The van der Waals surface area contributed by atoms with E-state index in [0.29, 0.717) is 29.7 Å². The summed E-state index contributed by atoms with van der Waals surface area (Å²) in [6, 6.07) is 9.10. The zero-order valence-electron chi connectivity index (χ0n) is 35.4. The van der Waals surface area contributed by atoms with Crippen molar-refractivity contribution in [1.29, 1.82) is 0 Å². The summed E-state index contributed by atoms with van der Waals surface area (Å²) in [7, 11) is 1.61. The van der Waals surface area contributed by atoms with Crippen LogP contribution < -0.4 is 34.6 Å². The summed E-state index contributed by atoms with van der Waals surface area (Å²) in [5.74, 6) is 3.59. The van der Waals surface area contributed by atoms with Crippen LogP contribution in [0.25, 0.3) is 22.1 Å². The second-order valence-electron chi connectivity index (χ2n) is 16.1. The van der Waals surface area contributed by atoms with Crippen LogP contribution in [-0.4, -0.2) is 124 Å². The number of morpholine rings is 2. The predicted octanol–water partition coefficient (Wildman–Crippen LogP) is 6.89. The van der Waals surface area contributed by atoms with Crippen LogP contribution in [0.2, 0.25) is 0 Å². The van der Waals surface area contributed by atoms with E-state index in [1.54, 1.807) is 56.7 Å². The molecule has 4 fully saturated rings. The Balaban J connectivity index is 0.000000160. The van der Waals surface area contributed by atoms with Crippen LogP contribution in [0.1, 0.15) is 51.4 Å². The van der Waals surface area contributed by atoms with Crippen LogP contribution in [-0.2, 0) is 9.47 Å². The molecule has 63 heavy (non-hydrogen) atoms. The molecule has 0 bridgehead atoms. The molecule has 4 aromatic heterocycles. The molecule has 18 heteroatoms. The number of benzene rings is 2. The molecule has 2 N–H and O–H groups in total. The van der Waals surface area contributed by atoms with Gasteiger partial charge in [0.15, 0.2) is 5.75 Å².